The van der Waals surface area contributed by atoms with Gasteiger partial charge in [0.25, 0.3) is 0 Å². The number of nitrogen functional groups attached to an aromatic ring is 1. The predicted octanol–water partition coefficient (Wildman–Crippen LogP) is 2.12. The third-order valence-corrected chi connectivity index (χ3v) is 5.29. The molecule has 0 saturated heterocycles. The van der Waals surface area contributed by atoms with Crippen LogP contribution in [0.5, 0.6) is 0 Å². The first-order chi connectivity index (χ1) is 7.91. The van der Waals surface area contributed by atoms with Gasteiger partial charge in [-0.25, -0.2) is 8.42 Å². The molecular weight excluding hydrogens is 262 g/mol. The fourth-order valence-electron chi connectivity index (χ4n) is 1.47. The van der Waals surface area contributed by atoms with Crippen molar-refractivity contribution < 1.29 is 13.2 Å². The molecule has 0 aromatic heterocycles. The summed E-state index contributed by atoms with van der Waals surface area (Å²) in [5.74, 6) is 0. The zero-order chi connectivity index (χ0) is 13.1. The summed E-state index contributed by atoms with van der Waals surface area (Å²) in [7, 11) is -1.98. The third-order valence-electron chi connectivity index (χ3n) is 2.54. The minimum absolute atomic E-state index is 0.0188. The molecule has 1 rings (SSSR count). The molecule has 6 heteroatoms. The molecule has 0 amide bonds. The van der Waals surface area contributed by atoms with Crippen LogP contribution >= 0.6 is 11.6 Å². The number of anilines is 1. The van der Waals surface area contributed by atoms with Gasteiger partial charge in [0.1, 0.15) is 4.90 Å². The molecule has 1 aromatic rings. The largest absolute Gasteiger partial charge is 0.398 e. The molecule has 0 aliphatic heterocycles. The number of halogens is 1. The van der Waals surface area contributed by atoms with Crippen LogP contribution in [0, 0.1) is 0 Å². The van der Waals surface area contributed by atoms with Crippen LogP contribution in [0.4, 0.5) is 5.69 Å². The Balaban J connectivity index is 3.13. The van der Waals surface area contributed by atoms with Crippen LogP contribution in [0.3, 0.4) is 0 Å². The van der Waals surface area contributed by atoms with E-state index in [9.17, 15) is 8.42 Å². The van der Waals surface area contributed by atoms with Crippen LogP contribution in [0.1, 0.15) is 13.3 Å². The molecule has 0 aliphatic carbocycles. The van der Waals surface area contributed by atoms with Crippen LogP contribution in [-0.2, 0) is 14.6 Å². The van der Waals surface area contributed by atoms with Crippen molar-refractivity contribution in [2.24, 2.45) is 0 Å². The van der Waals surface area contributed by atoms with Gasteiger partial charge < -0.3 is 10.5 Å². The summed E-state index contributed by atoms with van der Waals surface area (Å²) in [5.41, 5.74) is 5.86. The average Bonchev–Trinajstić information content (AvgIpc) is 2.25. The number of ether oxygens (including phenoxy) is 1. The Bertz CT molecular complexity index is 467. The Morgan fingerprint density at radius 1 is 1.47 bits per heavy atom. The molecule has 0 fully saturated rings. The molecule has 1 atom stereocenters. The Morgan fingerprint density at radius 2 is 2.12 bits per heavy atom. The molecule has 0 heterocycles. The maximum absolute atomic E-state index is 12.3. The Kier molecular flexibility index (Phi) is 4.80. The summed E-state index contributed by atoms with van der Waals surface area (Å²) >= 11 is 5.90. The third kappa shape index (κ3) is 3.12. The highest BCUT2D eigenvalue weighted by Gasteiger charge is 2.27. The van der Waals surface area contributed by atoms with Crippen molar-refractivity contribution in [3.63, 3.8) is 0 Å². The highest BCUT2D eigenvalue weighted by atomic mass is 35.5. The summed E-state index contributed by atoms with van der Waals surface area (Å²) < 4.78 is 29.4. The first-order valence-corrected chi connectivity index (χ1v) is 7.10. The number of methoxy groups -OCH3 is 1. The molecular formula is C11H16ClNO3S. The maximum Gasteiger partial charge on any atom is 0.184 e. The summed E-state index contributed by atoms with van der Waals surface area (Å²) in [6.45, 7) is 2.00. The van der Waals surface area contributed by atoms with Crippen molar-refractivity contribution in [1.82, 2.24) is 0 Å². The van der Waals surface area contributed by atoms with Crippen LogP contribution in [0.15, 0.2) is 23.1 Å². The van der Waals surface area contributed by atoms with Crippen molar-refractivity contribution in [3.8, 4) is 0 Å². The second kappa shape index (κ2) is 5.71. The second-order valence-electron chi connectivity index (χ2n) is 3.80. The summed E-state index contributed by atoms with van der Waals surface area (Å²) in [6.07, 6.45) is 0.406. The maximum atomic E-state index is 12.3. The normalized spacial score (nSPS) is 13.6. The lowest BCUT2D eigenvalue weighted by Gasteiger charge is -2.15. The average molecular weight is 278 g/mol. The van der Waals surface area contributed by atoms with Crippen LogP contribution < -0.4 is 5.73 Å². The van der Waals surface area contributed by atoms with E-state index in [2.05, 4.69) is 0 Å². The van der Waals surface area contributed by atoms with Crippen molar-refractivity contribution in [2.45, 2.75) is 23.5 Å². The van der Waals surface area contributed by atoms with Gasteiger partial charge in [-0.15, -0.1) is 0 Å². The second-order valence-corrected chi connectivity index (χ2v) is 6.51. The van der Waals surface area contributed by atoms with E-state index in [-0.39, 0.29) is 15.6 Å². The summed E-state index contributed by atoms with van der Waals surface area (Å²) in [4.78, 5) is 0.0188. The zero-order valence-electron chi connectivity index (χ0n) is 9.81. The molecule has 0 saturated carbocycles. The van der Waals surface area contributed by atoms with E-state index in [4.69, 9.17) is 22.1 Å². The number of sulfone groups is 1. The highest BCUT2D eigenvalue weighted by molar-refractivity contribution is 7.92. The van der Waals surface area contributed by atoms with Gasteiger partial charge in [0.05, 0.1) is 16.0 Å². The van der Waals surface area contributed by atoms with Gasteiger partial charge in [0, 0.05) is 13.7 Å². The Morgan fingerprint density at radius 3 is 2.65 bits per heavy atom. The summed E-state index contributed by atoms with van der Waals surface area (Å²) in [5, 5.41) is -0.418. The topological polar surface area (TPSA) is 69.4 Å². The van der Waals surface area contributed by atoms with Crippen molar-refractivity contribution >= 4 is 27.1 Å². The zero-order valence-corrected chi connectivity index (χ0v) is 11.4. The van der Waals surface area contributed by atoms with E-state index in [0.717, 1.165) is 0 Å². The number of hydrogen-bond donors (Lipinski definition) is 1. The quantitative estimate of drug-likeness (QED) is 0.837. The molecule has 1 aromatic carbocycles. The number of hydrogen-bond acceptors (Lipinski definition) is 4. The lowest BCUT2D eigenvalue weighted by Crippen LogP contribution is -2.21. The fourth-order valence-corrected chi connectivity index (χ4v) is 3.52. The fraction of sp³-hybridized carbons (Fsp3) is 0.455. The van der Waals surface area contributed by atoms with Gasteiger partial charge in [0.15, 0.2) is 9.84 Å². The minimum Gasteiger partial charge on any atom is -0.398 e. The van der Waals surface area contributed by atoms with E-state index in [0.29, 0.717) is 13.0 Å². The van der Waals surface area contributed by atoms with E-state index < -0.39 is 15.1 Å². The van der Waals surface area contributed by atoms with Gasteiger partial charge in [-0.3, -0.25) is 0 Å². The number of nitrogens with two attached hydrogens (primary N) is 1. The smallest absolute Gasteiger partial charge is 0.184 e. The van der Waals surface area contributed by atoms with Crippen molar-refractivity contribution in [3.05, 3.63) is 23.2 Å². The van der Waals surface area contributed by atoms with E-state index in [1.165, 1.54) is 19.2 Å². The van der Waals surface area contributed by atoms with Crippen molar-refractivity contribution in [1.29, 1.82) is 0 Å². The molecule has 0 bridgehead atoms. The first kappa shape index (κ1) is 14.3. The molecule has 4 nitrogen and oxygen atoms in total. The minimum atomic E-state index is -3.51. The van der Waals surface area contributed by atoms with Gasteiger partial charge in [0.2, 0.25) is 0 Å². The van der Waals surface area contributed by atoms with Crippen molar-refractivity contribution in [2.75, 3.05) is 19.5 Å². The molecule has 0 radical (unpaired) electrons. The molecule has 96 valence electrons. The van der Waals surface area contributed by atoms with Crippen LogP contribution in [0.25, 0.3) is 0 Å². The Hall–Kier alpha value is -0.780. The van der Waals surface area contributed by atoms with Gasteiger partial charge in [-0.1, -0.05) is 17.7 Å². The van der Waals surface area contributed by atoms with Crippen LogP contribution in [0.2, 0.25) is 5.02 Å². The monoisotopic (exact) mass is 277 g/mol. The Labute approximate surface area is 107 Å². The van der Waals surface area contributed by atoms with Gasteiger partial charge in [-0.2, -0.15) is 0 Å². The highest BCUT2D eigenvalue weighted by Crippen LogP contribution is 2.30. The molecule has 0 aliphatic rings. The lowest BCUT2D eigenvalue weighted by atomic mass is 10.3. The molecule has 17 heavy (non-hydrogen) atoms. The molecule has 1 unspecified atom stereocenters. The number of rotatable bonds is 5. The lowest BCUT2D eigenvalue weighted by molar-refractivity contribution is 0.194. The SMILES string of the molecule is COCCC(C)S(=O)(=O)c1c(N)cccc1Cl. The summed E-state index contributed by atoms with van der Waals surface area (Å²) in [6, 6.07) is 4.67. The van der Waals surface area contributed by atoms with Crippen LogP contribution in [-0.4, -0.2) is 27.4 Å². The predicted molar refractivity (Wildman–Crippen MR) is 69.0 cm³/mol. The first-order valence-electron chi connectivity index (χ1n) is 5.18. The standard InChI is InChI=1S/C11H16ClNO3S/c1-8(6-7-16-2)17(14,15)11-9(12)4-3-5-10(11)13/h3-5,8H,6-7,13H2,1-2H3. The molecule has 2 N–H and O–H groups in total. The van der Waals surface area contributed by atoms with Gasteiger partial charge >= 0.3 is 0 Å². The molecule has 0 spiro atoms. The van der Waals surface area contributed by atoms with E-state index in [1.807, 2.05) is 0 Å². The van der Waals surface area contributed by atoms with E-state index in [1.54, 1.807) is 13.0 Å². The van der Waals surface area contributed by atoms with Gasteiger partial charge in [-0.05, 0) is 25.5 Å². The number of benzene rings is 1. The van der Waals surface area contributed by atoms with E-state index >= 15 is 0 Å².